The summed E-state index contributed by atoms with van der Waals surface area (Å²) >= 11 is 6.85. The van der Waals surface area contributed by atoms with Crippen molar-refractivity contribution in [2.24, 2.45) is 17.6 Å². The molecule has 0 aliphatic carbocycles. The number of nitrogens with two attached hydrogens (primary N) is 1. The summed E-state index contributed by atoms with van der Waals surface area (Å²) in [4.78, 5) is 98.9. The third-order valence-electron chi connectivity index (χ3n) is 18.3. The molecule has 3 saturated heterocycles. The maximum absolute atomic E-state index is 14.4. The summed E-state index contributed by atoms with van der Waals surface area (Å²) in [5.74, 6) is -2.04. The molecule has 0 saturated carbocycles. The minimum Gasteiger partial charge on any atom is -0.508 e. The summed E-state index contributed by atoms with van der Waals surface area (Å²) < 4.78 is 33.1. The fraction of sp³-hybridized carbons (Fsp3) is 0.508. The number of likely N-dealkylation sites (tertiary alicyclic amines) is 1. The molecule has 502 valence electrons. The number of halogens is 1. The van der Waals surface area contributed by atoms with Crippen molar-refractivity contribution in [3.05, 3.63) is 105 Å². The molecule has 9 atom stereocenters. The maximum Gasteiger partial charge on any atom is 0.409 e. The number of likely N-dealkylation sites (N-methyl/N-ethyl adjacent to an activating group) is 1. The summed E-state index contributed by atoms with van der Waals surface area (Å²) in [7, 11) is 8.46. The van der Waals surface area contributed by atoms with E-state index in [9.17, 15) is 48.9 Å². The number of nitrogens with one attached hydrogen (secondary N) is 3. The van der Waals surface area contributed by atoms with Crippen molar-refractivity contribution in [1.29, 1.82) is 0 Å². The molecule has 25 nitrogen and oxygen atoms in total. The van der Waals surface area contributed by atoms with E-state index in [4.69, 9.17) is 41.0 Å². The Balaban J connectivity index is 0.754. The minimum absolute atomic E-state index is 0.00691. The second kappa shape index (κ2) is 29.3. The molecule has 28 heteroatoms. The molecule has 9 rings (SSSR count). The van der Waals surface area contributed by atoms with E-state index in [0.717, 1.165) is 41.3 Å². The van der Waals surface area contributed by atoms with Crippen LogP contribution >= 0.6 is 33.2 Å². The van der Waals surface area contributed by atoms with E-state index >= 15 is 0 Å². The Hall–Kier alpha value is -7.69. The molecule has 6 heterocycles. The number of aromatic amines is 1. The van der Waals surface area contributed by atoms with Crippen LogP contribution in [0.5, 0.6) is 17.2 Å². The molecule has 0 unspecified atom stereocenters. The Morgan fingerprint density at radius 1 is 1.02 bits per heavy atom. The Labute approximate surface area is 552 Å². The lowest BCUT2D eigenvalue weighted by Crippen LogP contribution is -2.63. The van der Waals surface area contributed by atoms with Gasteiger partial charge in [-0.15, -0.1) is 0 Å². The molecule has 4 bridgehead atoms. The molecule has 3 fully saturated rings. The number of aromatic nitrogens is 4. The summed E-state index contributed by atoms with van der Waals surface area (Å²) in [6, 6.07) is 11.5. The van der Waals surface area contributed by atoms with Crippen molar-refractivity contribution in [2.45, 2.75) is 147 Å². The number of urea groups is 1. The fourth-order valence-electron chi connectivity index (χ4n) is 12.4. The number of piperidine rings is 1. The topological polar surface area (TPSA) is 328 Å². The van der Waals surface area contributed by atoms with Crippen LogP contribution in [-0.4, -0.2) is 181 Å². The highest BCUT2D eigenvalue weighted by molar-refractivity contribution is 8.76. The molecule has 4 aliphatic heterocycles. The summed E-state index contributed by atoms with van der Waals surface area (Å²) in [6.07, 6.45) is 4.69. The molecule has 6 amide bonds. The number of hydrogen-bond donors (Lipinski definition) is 7. The van der Waals surface area contributed by atoms with Crippen LogP contribution in [0.25, 0.3) is 28.0 Å². The van der Waals surface area contributed by atoms with Gasteiger partial charge >= 0.3 is 23.8 Å². The number of H-pyrrole nitrogens is 1. The lowest BCUT2D eigenvalue weighted by molar-refractivity contribution is -0.162. The van der Waals surface area contributed by atoms with Gasteiger partial charge in [-0.05, 0) is 112 Å². The number of aromatic hydroxyl groups is 2. The quantitative estimate of drug-likeness (QED) is 0.0180. The molecule has 8 N–H and O–H groups in total. The van der Waals surface area contributed by atoms with E-state index in [0.29, 0.717) is 60.2 Å². The van der Waals surface area contributed by atoms with Crippen LogP contribution in [0.1, 0.15) is 97.1 Å². The number of allylic oxidation sites excluding steroid dienone is 3. The number of primary amides is 1. The van der Waals surface area contributed by atoms with Gasteiger partial charge in [-0.25, -0.2) is 28.8 Å². The number of amides is 6. The lowest BCUT2D eigenvalue weighted by atomic mass is 9.83. The van der Waals surface area contributed by atoms with Crippen molar-refractivity contribution in [2.75, 3.05) is 57.8 Å². The van der Waals surface area contributed by atoms with E-state index < -0.39 is 102 Å². The number of carbonyl (C=O) groups is 6. The van der Waals surface area contributed by atoms with E-state index in [-0.39, 0.29) is 52.6 Å². The largest absolute Gasteiger partial charge is 0.508 e. The number of carbonyl (C=O) groups excluding carboxylic acids is 6. The minimum atomic E-state index is -1.89. The van der Waals surface area contributed by atoms with Gasteiger partial charge in [0.1, 0.15) is 58.3 Å². The number of epoxide rings is 1. The number of rotatable bonds is 19. The average Bonchev–Trinajstić information content (AvgIpc) is 1.58. The number of esters is 1. The number of aliphatic hydroxyl groups is 1. The predicted octanol–water partition coefficient (Wildman–Crippen LogP) is 7.68. The van der Waals surface area contributed by atoms with Crippen molar-refractivity contribution in [1.82, 2.24) is 39.8 Å². The second-order valence-electron chi connectivity index (χ2n) is 24.9. The first-order chi connectivity index (χ1) is 44.1. The Bertz CT molecular complexity index is 3750. The number of phenolic OH excluding ortho intramolecular Hbond substituents is 2. The number of hydrogen-bond acceptors (Lipinski definition) is 18. The molecule has 2 aromatic heterocycles. The third-order valence-corrected chi connectivity index (χ3v) is 21.1. The van der Waals surface area contributed by atoms with Crippen molar-refractivity contribution < 1.29 is 67.8 Å². The molecule has 4 aliphatic rings. The first kappa shape index (κ1) is 69.6. The van der Waals surface area contributed by atoms with Crippen LogP contribution in [0.15, 0.2) is 83.3 Å². The van der Waals surface area contributed by atoms with Gasteiger partial charge in [0.05, 0.1) is 36.6 Å². The van der Waals surface area contributed by atoms with Crippen LogP contribution in [0, 0.1) is 11.8 Å². The molecule has 3 aromatic carbocycles. The van der Waals surface area contributed by atoms with Gasteiger partial charge in [0, 0.05) is 94.3 Å². The monoisotopic (exact) mass is 1340 g/mol. The normalized spacial score (nSPS) is 24.4. The van der Waals surface area contributed by atoms with Crippen LogP contribution in [0.2, 0.25) is 5.02 Å². The van der Waals surface area contributed by atoms with E-state index in [1.54, 1.807) is 56.1 Å². The van der Waals surface area contributed by atoms with Gasteiger partial charge in [0.15, 0.2) is 11.5 Å². The second-order valence-corrected chi connectivity index (χ2v) is 27.9. The summed E-state index contributed by atoms with van der Waals surface area (Å²) in [5.41, 5.74) is 6.50. The number of fused-ring (bicyclic) bond motifs is 6. The summed E-state index contributed by atoms with van der Waals surface area (Å²) in [6.45, 7) is 12.4. The molecule has 0 spiro atoms. The van der Waals surface area contributed by atoms with Crippen LogP contribution in [0.4, 0.5) is 15.3 Å². The Morgan fingerprint density at radius 2 is 1.76 bits per heavy atom. The number of phenols is 2. The number of alkyl carbamates (subject to hydrolysis) is 1. The standard InChI is InChI=1S/C65H83ClN10O15S2/c1-35(2)43-30-44(49(78)31-48(43)77)59-70-71-62(84)76(59)42-14-15-46-41(29-42)19-24-74(46)21-16-39-17-22-75(23-18-39)61(83)68-45(58(67)81)34-93-92-25-20-54(79)72(7)38(5)60(82)90-53-32-55(80)73(8)47-27-40(28-50(87-9)56(47)66)26-36(3)12-11-13-52(88-10)65(86)33-51(89-63(85)69-65)37(4)57-64(53,6)91-57/h11-15,19,24,27-31,35,37-39,45,51-53,57,77-78,86H,16-18,20-23,25-26,32-34H2,1-10H3,(H2,67,81)(H,68,83)(H,69,85)(H,71,84)/b13-11+,36-12+/t37-,38+,45+,51+,52-,53+,57+,64+,65+/m1/s1. The number of anilines is 1. The lowest BCUT2D eigenvalue weighted by Gasteiger charge is -2.42. The summed E-state index contributed by atoms with van der Waals surface area (Å²) in [5, 5.41) is 46.2. The Kier molecular flexibility index (Phi) is 21.9. The molecule has 0 radical (unpaired) electrons. The van der Waals surface area contributed by atoms with Crippen LogP contribution in [0.3, 0.4) is 0 Å². The smallest absolute Gasteiger partial charge is 0.409 e. The zero-order chi connectivity index (χ0) is 67.4. The predicted molar refractivity (Wildman–Crippen MR) is 353 cm³/mol. The zero-order valence-electron chi connectivity index (χ0n) is 53.8. The molecule has 5 aromatic rings. The number of methoxy groups -OCH3 is 2. The van der Waals surface area contributed by atoms with Gasteiger partial charge in [-0.1, -0.05) is 77.8 Å². The van der Waals surface area contributed by atoms with E-state index in [1.807, 2.05) is 57.3 Å². The average molecular weight is 1340 g/mol. The highest BCUT2D eigenvalue weighted by Gasteiger charge is 2.64. The zero-order valence-corrected chi connectivity index (χ0v) is 56.2. The van der Waals surface area contributed by atoms with E-state index in [2.05, 4.69) is 25.4 Å². The highest BCUT2D eigenvalue weighted by Crippen LogP contribution is 2.49. The number of ether oxygens (including phenoxy) is 5. The first-order valence-corrected chi connectivity index (χ1v) is 33.8. The van der Waals surface area contributed by atoms with Crippen molar-refractivity contribution >= 4 is 85.6 Å². The molecule has 93 heavy (non-hydrogen) atoms. The highest BCUT2D eigenvalue weighted by atomic mass is 35.5. The number of nitrogens with zero attached hydrogens (tertiary/aromatic N) is 6. The SMILES string of the molecule is COc1cc2cc(c1Cl)N(C)C(=O)C[C@H](OC(=O)[C@H](C)N(C)C(=O)CCSSC[C@H](NC(=O)N1CCC(CCn3ccc4cc(-n5c(-c6cc(C(C)C)c(O)cc6O)n[nH]c5=O)ccc43)CC1)C(N)=O)[C@]1(C)O[C@H]1[C@H](C)[C@@H]1C[C@@](O)(NC(=O)O1)[C@H](OC)/C=C/C=C(\C)C2. The number of aryl methyl sites for hydroxylation is 1. The number of benzene rings is 3. The van der Waals surface area contributed by atoms with Gasteiger partial charge in [-0.2, -0.15) is 5.10 Å². The molecular formula is C65H83ClN10O15S2. The van der Waals surface area contributed by atoms with Crippen molar-refractivity contribution in [3.8, 4) is 34.3 Å². The van der Waals surface area contributed by atoms with Crippen molar-refractivity contribution in [3.63, 3.8) is 0 Å². The van der Waals surface area contributed by atoms with E-state index in [1.165, 1.54) is 70.2 Å². The fourth-order valence-corrected chi connectivity index (χ4v) is 14.8. The van der Waals surface area contributed by atoms with Gasteiger partial charge in [-0.3, -0.25) is 19.7 Å². The van der Waals surface area contributed by atoms with Crippen LogP contribution in [-0.2, 0) is 51.1 Å². The first-order valence-electron chi connectivity index (χ1n) is 30.9. The van der Waals surface area contributed by atoms with Crippen LogP contribution < -0.4 is 31.7 Å². The third kappa shape index (κ3) is 15.6. The maximum atomic E-state index is 14.4. The van der Waals surface area contributed by atoms with Gasteiger partial charge < -0.3 is 69.3 Å². The van der Waals surface area contributed by atoms with Gasteiger partial charge in [0.2, 0.25) is 17.7 Å². The van der Waals surface area contributed by atoms with Gasteiger partial charge in [0.25, 0.3) is 0 Å². The Morgan fingerprint density at radius 3 is 2.46 bits per heavy atom. The molecular weight excluding hydrogens is 1260 g/mol.